The molecule has 12 heavy (non-hydrogen) atoms. The topological polar surface area (TPSA) is 20.2 Å². The van der Waals surface area contributed by atoms with E-state index in [4.69, 9.17) is 11.6 Å². The molecular weight excluding hydrogens is 172 g/mol. The van der Waals surface area contributed by atoms with Crippen LogP contribution in [-0.4, -0.2) is 16.6 Å². The van der Waals surface area contributed by atoms with Crippen molar-refractivity contribution in [1.29, 1.82) is 0 Å². The molecule has 0 aromatic carbocycles. The van der Waals surface area contributed by atoms with Crippen LogP contribution in [0.5, 0.6) is 0 Å². The quantitative estimate of drug-likeness (QED) is 0.580. The number of alkyl halides is 1. The number of halogens is 1. The molecule has 4 atom stereocenters. The van der Waals surface area contributed by atoms with Crippen molar-refractivity contribution in [2.24, 2.45) is 11.8 Å². The number of fused-ring (bicyclic) bond motifs is 1. The van der Waals surface area contributed by atoms with Crippen molar-refractivity contribution < 1.29 is 5.11 Å². The first kappa shape index (κ1) is 8.83. The van der Waals surface area contributed by atoms with Crippen molar-refractivity contribution in [3.63, 3.8) is 0 Å². The van der Waals surface area contributed by atoms with Gasteiger partial charge in [0.15, 0.2) is 0 Å². The first-order valence-electron chi connectivity index (χ1n) is 5.11. The molecular formula is C10H17ClO. The van der Waals surface area contributed by atoms with E-state index in [2.05, 4.69) is 0 Å². The Balaban J connectivity index is 2.03. The average molecular weight is 189 g/mol. The van der Waals surface area contributed by atoms with Crippen LogP contribution in [-0.2, 0) is 0 Å². The third-order valence-electron chi connectivity index (χ3n) is 3.58. The Morgan fingerprint density at radius 2 is 1.75 bits per heavy atom. The molecule has 2 saturated carbocycles. The molecule has 1 nitrogen and oxygen atoms in total. The molecule has 2 aliphatic rings. The zero-order chi connectivity index (χ0) is 8.55. The van der Waals surface area contributed by atoms with Crippen LogP contribution >= 0.6 is 11.6 Å². The fraction of sp³-hybridized carbons (Fsp3) is 1.00. The Bertz CT molecular complexity index is 158. The largest absolute Gasteiger partial charge is 0.392 e. The summed E-state index contributed by atoms with van der Waals surface area (Å²) in [5.74, 6) is 1.44. The lowest BCUT2D eigenvalue weighted by Crippen LogP contribution is -2.40. The second-order valence-corrected chi connectivity index (χ2v) is 4.80. The van der Waals surface area contributed by atoms with Gasteiger partial charge in [-0.1, -0.05) is 19.3 Å². The maximum Gasteiger partial charge on any atom is 0.0706 e. The van der Waals surface area contributed by atoms with Gasteiger partial charge in [-0.2, -0.15) is 0 Å². The number of aliphatic hydroxyl groups excluding tert-OH is 1. The average Bonchev–Trinajstić information content (AvgIpc) is 2.12. The van der Waals surface area contributed by atoms with Crippen LogP contribution in [0.1, 0.15) is 38.5 Å². The zero-order valence-electron chi connectivity index (χ0n) is 7.38. The summed E-state index contributed by atoms with van der Waals surface area (Å²) < 4.78 is 0. The van der Waals surface area contributed by atoms with Crippen molar-refractivity contribution in [3.8, 4) is 0 Å². The van der Waals surface area contributed by atoms with Gasteiger partial charge in [0, 0.05) is 0 Å². The third kappa shape index (κ3) is 1.49. The molecule has 2 heteroatoms. The summed E-state index contributed by atoms with van der Waals surface area (Å²) >= 11 is 6.19. The second kappa shape index (κ2) is 3.55. The predicted octanol–water partition coefficient (Wildman–Crippen LogP) is 2.55. The number of hydrogen-bond acceptors (Lipinski definition) is 1. The summed E-state index contributed by atoms with van der Waals surface area (Å²) in [5.41, 5.74) is 0. The van der Waals surface area contributed by atoms with Crippen molar-refractivity contribution in [3.05, 3.63) is 0 Å². The smallest absolute Gasteiger partial charge is 0.0706 e. The molecule has 2 rings (SSSR count). The molecule has 2 fully saturated rings. The standard InChI is InChI=1S/C10H17ClO/c11-10-8-4-2-1-3-7(8)5-6-9(10)12/h7-10,12H,1-6H2/t7-,8+,9-,10-/m1/s1. The SMILES string of the molecule is O[C@@H]1CC[C@H]2CCCC[C@@H]2[C@H]1Cl. The van der Waals surface area contributed by atoms with Crippen molar-refractivity contribution in [1.82, 2.24) is 0 Å². The van der Waals surface area contributed by atoms with Crippen LogP contribution in [0.4, 0.5) is 0 Å². The van der Waals surface area contributed by atoms with Gasteiger partial charge < -0.3 is 5.11 Å². The van der Waals surface area contributed by atoms with Crippen molar-refractivity contribution >= 4 is 11.6 Å². The first-order valence-corrected chi connectivity index (χ1v) is 5.55. The highest BCUT2D eigenvalue weighted by molar-refractivity contribution is 6.21. The van der Waals surface area contributed by atoms with E-state index in [-0.39, 0.29) is 11.5 Å². The molecule has 70 valence electrons. The van der Waals surface area contributed by atoms with Crippen LogP contribution in [0.3, 0.4) is 0 Å². The van der Waals surface area contributed by atoms with Gasteiger partial charge >= 0.3 is 0 Å². The van der Waals surface area contributed by atoms with E-state index in [1.807, 2.05) is 0 Å². The van der Waals surface area contributed by atoms with Gasteiger partial charge in [-0.25, -0.2) is 0 Å². The summed E-state index contributed by atoms with van der Waals surface area (Å²) in [5, 5.41) is 9.63. The van der Waals surface area contributed by atoms with Crippen LogP contribution in [0.25, 0.3) is 0 Å². The van der Waals surface area contributed by atoms with Gasteiger partial charge in [0.2, 0.25) is 0 Å². The number of hydrogen-bond donors (Lipinski definition) is 1. The molecule has 0 aromatic heterocycles. The number of rotatable bonds is 0. The molecule has 1 N–H and O–H groups in total. The molecule has 0 aliphatic heterocycles. The predicted molar refractivity (Wildman–Crippen MR) is 50.3 cm³/mol. The van der Waals surface area contributed by atoms with E-state index >= 15 is 0 Å². The first-order chi connectivity index (χ1) is 5.79. The fourth-order valence-electron chi connectivity index (χ4n) is 2.84. The van der Waals surface area contributed by atoms with Gasteiger partial charge in [-0.05, 0) is 31.1 Å². The Kier molecular flexibility index (Phi) is 2.61. The summed E-state index contributed by atoms with van der Waals surface area (Å²) in [6.45, 7) is 0. The second-order valence-electron chi connectivity index (χ2n) is 4.30. The van der Waals surface area contributed by atoms with E-state index in [1.165, 1.54) is 32.1 Å². The van der Waals surface area contributed by atoms with Crippen molar-refractivity contribution in [2.75, 3.05) is 0 Å². The molecule has 0 aromatic rings. The highest BCUT2D eigenvalue weighted by Crippen LogP contribution is 2.42. The minimum atomic E-state index is -0.231. The van der Waals surface area contributed by atoms with Gasteiger partial charge in [0.1, 0.15) is 0 Å². The van der Waals surface area contributed by atoms with E-state index in [0.29, 0.717) is 5.92 Å². The fourth-order valence-corrected chi connectivity index (χ4v) is 3.30. The lowest BCUT2D eigenvalue weighted by molar-refractivity contribution is 0.0542. The molecule has 2 aliphatic carbocycles. The summed E-state index contributed by atoms with van der Waals surface area (Å²) in [6.07, 6.45) is 7.18. The summed E-state index contributed by atoms with van der Waals surface area (Å²) in [4.78, 5) is 0. The molecule has 0 heterocycles. The zero-order valence-corrected chi connectivity index (χ0v) is 8.13. The van der Waals surface area contributed by atoms with E-state index < -0.39 is 0 Å². The Morgan fingerprint density at radius 3 is 2.58 bits per heavy atom. The summed E-state index contributed by atoms with van der Waals surface area (Å²) in [6, 6.07) is 0. The van der Waals surface area contributed by atoms with Crippen LogP contribution in [0.15, 0.2) is 0 Å². The maximum atomic E-state index is 9.58. The van der Waals surface area contributed by atoms with Gasteiger partial charge in [-0.3, -0.25) is 0 Å². The minimum Gasteiger partial charge on any atom is -0.392 e. The normalized spacial score (nSPS) is 48.5. The van der Waals surface area contributed by atoms with Gasteiger partial charge in [-0.15, -0.1) is 11.6 Å². The highest BCUT2D eigenvalue weighted by Gasteiger charge is 2.38. The maximum absolute atomic E-state index is 9.58. The number of aliphatic hydroxyl groups is 1. The molecule has 0 bridgehead atoms. The Hall–Kier alpha value is 0.250. The lowest BCUT2D eigenvalue weighted by Gasteiger charge is -2.41. The van der Waals surface area contributed by atoms with Crippen LogP contribution < -0.4 is 0 Å². The van der Waals surface area contributed by atoms with E-state index in [0.717, 1.165) is 12.3 Å². The molecule has 0 amide bonds. The van der Waals surface area contributed by atoms with Crippen LogP contribution in [0.2, 0.25) is 0 Å². The third-order valence-corrected chi connectivity index (χ3v) is 4.19. The Labute approximate surface area is 79.1 Å². The van der Waals surface area contributed by atoms with E-state index in [1.54, 1.807) is 0 Å². The molecule has 0 saturated heterocycles. The molecule has 0 radical (unpaired) electrons. The molecule has 0 spiro atoms. The monoisotopic (exact) mass is 188 g/mol. The van der Waals surface area contributed by atoms with Crippen LogP contribution in [0, 0.1) is 11.8 Å². The highest BCUT2D eigenvalue weighted by atomic mass is 35.5. The molecule has 0 unspecified atom stereocenters. The summed E-state index contributed by atoms with van der Waals surface area (Å²) in [7, 11) is 0. The van der Waals surface area contributed by atoms with Gasteiger partial charge in [0.05, 0.1) is 11.5 Å². The van der Waals surface area contributed by atoms with Gasteiger partial charge in [0.25, 0.3) is 0 Å². The lowest BCUT2D eigenvalue weighted by atomic mass is 9.70. The van der Waals surface area contributed by atoms with Crippen molar-refractivity contribution in [2.45, 2.75) is 50.0 Å². The minimum absolute atomic E-state index is 0.0454. The Morgan fingerprint density at radius 1 is 1.00 bits per heavy atom. The van der Waals surface area contributed by atoms with E-state index in [9.17, 15) is 5.11 Å².